The summed E-state index contributed by atoms with van der Waals surface area (Å²) in [4.78, 5) is 37.0. The van der Waals surface area contributed by atoms with Crippen LogP contribution in [0.4, 0.5) is 4.79 Å². The van der Waals surface area contributed by atoms with Crippen molar-refractivity contribution in [1.29, 1.82) is 0 Å². The van der Waals surface area contributed by atoms with Gasteiger partial charge in [-0.2, -0.15) is 0 Å². The van der Waals surface area contributed by atoms with E-state index in [4.69, 9.17) is 9.47 Å². The summed E-state index contributed by atoms with van der Waals surface area (Å²) in [5.41, 5.74) is 3.24. The molecular weight excluding hydrogens is 444 g/mol. The highest BCUT2D eigenvalue weighted by molar-refractivity contribution is 5.81. The van der Waals surface area contributed by atoms with Gasteiger partial charge in [0, 0.05) is 6.54 Å². The molecule has 0 aliphatic rings. The summed E-state index contributed by atoms with van der Waals surface area (Å²) in [6.07, 6.45) is 0.0572. The molecule has 0 bridgehead atoms. The Bertz CT molecular complexity index is 976. The summed E-state index contributed by atoms with van der Waals surface area (Å²) in [6, 6.07) is 14.6. The molecule has 190 valence electrons. The van der Waals surface area contributed by atoms with Crippen molar-refractivity contribution in [2.24, 2.45) is 5.92 Å². The number of hydrogen-bond acceptors (Lipinski definition) is 5. The molecule has 0 saturated carbocycles. The summed E-state index contributed by atoms with van der Waals surface area (Å²) >= 11 is 0. The molecule has 0 aromatic heterocycles. The Balaban J connectivity index is 1.84. The molecular formula is C28H38N2O5. The van der Waals surface area contributed by atoms with Crippen LogP contribution in [0.5, 0.6) is 0 Å². The van der Waals surface area contributed by atoms with Gasteiger partial charge in [-0.3, -0.25) is 4.79 Å². The Labute approximate surface area is 208 Å². The monoisotopic (exact) mass is 482 g/mol. The zero-order chi connectivity index (χ0) is 26.0. The highest BCUT2D eigenvalue weighted by atomic mass is 16.6. The number of carbonyl (C=O) groups excluding carboxylic acids is 3. The smallest absolute Gasteiger partial charge is 0.408 e. The van der Waals surface area contributed by atoms with Crippen molar-refractivity contribution in [2.45, 2.75) is 79.2 Å². The number of benzene rings is 2. The second kappa shape index (κ2) is 12.9. The number of amides is 2. The zero-order valence-electron chi connectivity index (χ0n) is 21.6. The molecule has 2 rings (SSSR count). The molecule has 0 radical (unpaired) electrons. The second-order valence-corrected chi connectivity index (χ2v) is 10.2. The Morgan fingerprint density at radius 1 is 0.886 bits per heavy atom. The van der Waals surface area contributed by atoms with Crippen LogP contribution in [-0.4, -0.2) is 29.6 Å². The number of hydrogen-bond donors (Lipinski definition) is 2. The van der Waals surface area contributed by atoms with E-state index in [-0.39, 0.29) is 24.9 Å². The van der Waals surface area contributed by atoms with E-state index in [0.29, 0.717) is 13.0 Å². The second-order valence-electron chi connectivity index (χ2n) is 10.2. The molecule has 0 heterocycles. The van der Waals surface area contributed by atoms with E-state index in [1.54, 1.807) is 20.8 Å². The lowest BCUT2D eigenvalue weighted by molar-refractivity contribution is -0.148. The largest absolute Gasteiger partial charge is 0.459 e. The molecule has 2 aromatic rings. The van der Waals surface area contributed by atoms with Gasteiger partial charge >= 0.3 is 12.1 Å². The van der Waals surface area contributed by atoms with Gasteiger partial charge in [0.2, 0.25) is 5.91 Å². The van der Waals surface area contributed by atoms with Crippen LogP contribution in [0.25, 0.3) is 0 Å². The van der Waals surface area contributed by atoms with Crippen molar-refractivity contribution in [1.82, 2.24) is 10.6 Å². The Kier molecular flexibility index (Phi) is 10.3. The van der Waals surface area contributed by atoms with E-state index in [9.17, 15) is 14.4 Å². The molecule has 2 N–H and O–H groups in total. The van der Waals surface area contributed by atoms with Crippen molar-refractivity contribution >= 4 is 18.0 Å². The van der Waals surface area contributed by atoms with Crippen LogP contribution in [0.2, 0.25) is 0 Å². The fraction of sp³-hybridized carbons (Fsp3) is 0.464. The van der Waals surface area contributed by atoms with Crippen LogP contribution < -0.4 is 10.6 Å². The lowest BCUT2D eigenvalue weighted by Gasteiger charge is -2.23. The quantitative estimate of drug-likeness (QED) is 0.473. The lowest BCUT2D eigenvalue weighted by Crippen LogP contribution is -2.44. The van der Waals surface area contributed by atoms with Gasteiger partial charge in [0.1, 0.15) is 18.2 Å². The number of esters is 1. The normalized spacial score (nSPS) is 12.1. The lowest BCUT2D eigenvalue weighted by atomic mass is 10.0. The van der Waals surface area contributed by atoms with Crippen LogP contribution in [0.3, 0.4) is 0 Å². The van der Waals surface area contributed by atoms with E-state index in [1.807, 2.05) is 69.3 Å². The fourth-order valence-electron chi connectivity index (χ4n) is 3.30. The van der Waals surface area contributed by atoms with Gasteiger partial charge in [0.05, 0.1) is 6.42 Å². The predicted octanol–water partition coefficient (Wildman–Crippen LogP) is 4.84. The maximum atomic E-state index is 12.6. The van der Waals surface area contributed by atoms with Gasteiger partial charge < -0.3 is 20.1 Å². The van der Waals surface area contributed by atoms with E-state index in [2.05, 4.69) is 10.6 Å². The Morgan fingerprint density at radius 3 is 2.03 bits per heavy atom. The number of rotatable bonds is 10. The molecule has 0 aliphatic heterocycles. The van der Waals surface area contributed by atoms with E-state index >= 15 is 0 Å². The van der Waals surface area contributed by atoms with Crippen molar-refractivity contribution < 1.29 is 23.9 Å². The maximum absolute atomic E-state index is 12.6. The molecule has 2 amide bonds. The van der Waals surface area contributed by atoms with Gasteiger partial charge in [0.15, 0.2) is 0 Å². The Hall–Kier alpha value is -3.35. The average molecular weight is 483 g/mol. The topological polar surface area (TPSA) is 93.7 Å². The highest BCUT2D eigenvalue weighted by Gasteiger charge is 2.26. The number of ether oxygens (including phenoxy) is 2. The summed E-state index contributed by atoms with van der Waals surface area (Å²) in [7, 11) is 0. The number of alkyl carbamates (subject to hydrolysis) is 1. The molecule has 0 spiro atoms. The highest BCUT2D eigenvalue weighted by Crippen LogP contribution is 2.12. The van der Waals surface area contributed by atoms with Crippen LogP contribution in [0.1, 0.15) is 63.3 Å². The molecule has 35 heavy (non-hydrogen) atoms. The van der Waals surface area contributed by atoms with Gasteiger partial charge in [-0.1, -0.05) is 67.9 Å². The van der Waals surface area contributed by atoms with Crippen LogP contribution >= 0.6 is 0 Å². The van der Waals surface area contributed by atoms with Crippen molar-refractivity contribution in [3.63, 3.8) is 0 Å². The first kappa shape index (κ1) is 27.9. The van der Waals surface area contributed by atoms with Gasteiger partial charge in [0.25, 0.3) is 0 Å². The zero-order valence-corrected chi connectivity index (χ0v) is 21.6. The first-order chi connectivity index (χ1) is 16.4. The minimum absolute atomic E-state index is 0.0607. The number of nitrogens with one attached hydrogen (secondary N) is 2. The van der Waals surface area contributed by atoms with Crippen LogP contribution in [0, 0.1) is 12.8 Å². The summed E-state index contributed by atoms with van der Waals surface area (Å²) in [5.74, 6) is -0.391. The molecule has 0 unspecified atom stereocenters. The SMILES string of the molecule is Cc1ccc(CNC(=O)Cc2ccc(COC(=O)[C@H](CC(C)C)NC(=O)OC(C)(C)C)cc2)cc1. The summed E-state index contributed by atoms with van der Waals surface area (Å²) in [6.45, 7) is 11.8. The maximum Gasteiger partial charge on any atom is 0.408 e. The van der Waals surface area contributed by atoms with Crippen LogP contribution in [-0.2, 0) is 38.6 Å². The standard InChI is InChI=1S/C28H38N2O5/c1-19(2)15-24(30-27(33)35-28(4,5)6)26(32)34-18-23-13-11-21(12-14-23)16-25(31)29-17-22-9-7-20(3)8-10-22/h7-14,19,24H,15-18H2,1-6H3,(H,29,31)(H,30,33)/t24-/m0/s1. The van der Waals surface area contributed by atoms with Gasteiger partial charge in [-0.05, 0) is 56.7 Å². The first-order valence-corrected chi connectivity index (χ1v) is 12.0. The molecule has 0 aliphatic carbocycles. The minimum Gasteiger partial charge on any atom is -0.459 e. The number of aryl methyl sites for hydroxylation is 1. The predicted molar refractivity (Wildman–Crippen MR) is 136 cm³/mol. The van der Waals surface area contributed by atoms with Crippen LogP contribution in [0.15, 0.2) is 48.5 Å². The van der Waals surface area contributed by atoms with E-state index < -0.39 is 23.7 Å². The molecule has 2 aromatic carbocycles. The molecule has 0 fully saturated rings. The molecule has 1 atom stereocenters. The first-order valence-electron chi connectivity index (χ1n) is 12.0. The molecule has 0 saturated heterocycles. The third kappa shape index (κ3) is 11.1. The summed E-state index contributed by atoms with van der Waals surface area (Å²) < 4.78 is 10.7. The van der Waals surface area contributed by atoms with Crippen molar-refractivity contribution in [3.8, 4) is 0 Å². The third-order valence-corrected chi connectivity index (χ3v) is 5.06. The average Bonchev–Trinajstić information content (AvgIpc) is 2.76. The van der Waals surface area contributed by atoms with Gasteiger partial charge in [-0.15, -0.1) is 0 Å². The van der Waals surface area contributed by atoms with Crippen molar-refractivity contribution in [2.75, 3.05) is 0 Å². The fourth-order valence-corrected chi connectivity index (χ4v) is 3.30. The molecule has 7 heteroatoms. The third-order valence-electron chi connectivity index (χ3n) is 5.06. The summed E-state index contributed by atoms with van der Waals surface area (Å²) in [5, 5.41) is 5.54. The van der Waals surface area contributed by atoms with E-state index in [0.717, 1.165) is 16.7 Å². The molecule has 7 nitrogen and oxygen atoms in total. The van der Waals surface area contributed by atoms with Crippen molar-refractivity contribution in [3.05, 3.63) is 70.8 Å². The number of carbonyl (C=O) groups is 3. The van der Waals surface area contributed by atoms with E-state index in [1.165, 1.54) is 5.56 Å². The minimum atomic E-state index is -0.790. The Morgan fingerprint density at radius 2 is 1.46 bits per heavy atom. The van der Waals surface area contributed by atoms with Gasteiger partial charge in [-0.25, -0.2) is 9.59 Å².